The lowest BCUT2D eigenvalue weighted by molar-refractivity contribution is -0.141. The molecule has 0 bridgehead atoms. The summed E-state index contributed by atoms with van der Waals surface area (Å²) in [5, 5.41) is 8.95. The van der Waals surface area contributed by atoms with Crippen LogP contribution >= 0.6 is 0 Å². The van der Waals surface area contributed by atoms with E-state index in [1.807, 2.05) is 25.2 Å². The maximum absolute atomic E-state index is 10.9. The minimum Gasteiger partial charge on any atom is -0.481 e. The van der Waals surface area contributed by atoms with Crippen molar-refractivity contribution in [1.29, 1.82) is 0 Å². The molecule has 1 aliphatic heterocycles. The largest absolute Gasteiger partial charge is 0.481 e. The van der Waals surface area contributed by atoms with Gasteiger partial charge in [0.2, 0.25) is 0 Å². The Bertz CT molecular complexity index is 353. The number of hydrogen-bond acceptors (Lipinski definition) is 3. The molecule has 4 nitrogen and oxygen atoms in total. The third-order valence-electron chi connectivity index (χ3n) is 2.93. The molecular formula is C11H14N2O2. The van der Waals surface area contributed by atoms with Gasteiger partial charge >= 0.3 is 5.97 Å². The number of carboxylic acids is 1. The fourth-order valence-corrected chi connectivity index (χ4v) is 2.10. The molecule has 4 heteroatoms. The van der Waals surface area contributed by atoms with Gasteiger partial charge in [-0.15, -0.1) is 0 Å². The van der Waals surface area contributed by atoms with Gasteiger partial charge in [0, 0.05) is 12.7 Å². The second-order valence-corrected chi connectivity index (χ2v) is 3.98. The molecule has 0 saturated carbocycles. The van der Waals surface area contributed by atoms with Crippen LogP contribution in [0.3, 0.4) is 0 Å². The van der Waals surface area contributed by atoms with Gasteiger partial charge in [0.15, 0.2) is 0 Å². The Hall–Kier alpha value is -1.42. The van der Waals surface area contributed by atoms with Crippen molar-refractivity contribution >= 4 is 5.97 Å². The Morgan fingerprint density at radius 2 is 2.40 bits per heavy atom. The van der Waals surface area contributed by atoms with Gasteiger partial charge in [0.1, 0.15) is 0 Å². The Morgan fingerprint density at radius 1 is 1.60 bits per heavy atom. The Balaban J connectivity index is 2.15. The van der Waals surface area contributed by atoms with Crippen LogP contribution in [0.1, 0.15) is 18.2 Å². The third-order valence-corrected chi connectivity index (χ3v) is 2.93. The van der Waals surface area contributed by atoms with Gasteiger partial charge in [-0.1, -0.05) is 6.07 Å². The molecule has 0 amide bonds. The zero-order chi connectivity index (χ0) is 10.8. The lowest BCUT2D eigenvalue weighted by Gasteiger charge is -2.17. The van der Waals surface area contributed by atoms with Crippen LogP contribution in [0.25, 0.3) is 0 Å². The quantitative estimate of drug-likeness (QED) is 0.789. The zero-order valence-corrected chi connectivity index (χ0v) is 8.63. The molecule has 1 fully saturated rings. The van der Waals surface area contributed by atoms with Crippen molar-refractivity contribution in [3.63, 3.8) is 0 Å². The van der Waals surface area contributed by atoms with E-state index in [0.29, 0.717) is 13.0 Å². The van der Waals surface area contributed by atoms with Crippen LogP contribution in [0, 0.1) is 5.92 Å². The minimum atomic E-state index is -0.708. The monoisotopic (exact) mass is 206 g/mol. The summed E-state index contributed by atoms with van der Waals surface area (Å²) in [4.78, 5) is 17.2. The lowest BCUT2D eigenvalue weighted by atomic mass is 10.0. The topological polar surface area (TPSA) is 53.4 Å². The van der Waals surface area contributed by atoms with Gasteiger partial charge in [-0.25, -0.2) is 0 Å². The number of nitrogens with zero attached hydrogens (tertiary/aromatic N) is 2. The van der Waals surface area contributed by atoms with Crippen molar-refractivity contribution in [2.45, 2.75) is 12.5 Å². The summed E-state index contributed by atoms with van der Waals surface area (Å²) >= 11 is 0. The van der Waals surface area contributed by atoms with Crippen LogP contribution in [0.15, 0.2) is 24.4 Å². The number of rotatable bonds is 2. The predicted molar refractivity (Wildman–Crippen MR) is 55.4 cm³/mol. The van der Waals surface area contributed by atoms with Gasteiger partial charge in [-0.2, -0.15) is 0 Å². The Kier molecular flexibility index (Phi) is 2.68. The van der Waals surface area contributed by atoms with E-state index in [1.165, 1.54) is 0 Å². The van der Waals surface area contributed by atoms with Crippen molar-refractivity contribution in [1.82, 2.24) is 9.88 Å². The smallest absolute Gasteiger partial charge is 0.307 e. The van der Waals surface area contributed by atoms with E-state index in [9.17, 15) is 4.79 Å². The molecule has 1 aromatic rings. The van der Waals surface area contributed by atoms with E-state index in [-0.39, 0.29) is 12.0 Å². The number of aliphatic carboxylic acids is 1. The molecular weight excluding hydrogens is 192 g/mol. The minimum absolute atomic E-state index is 0.146. The highest BCUT2D eigenvalue weighted by molar-refractivity contribution is 5.70. The zero-order valence-electron chi connectivity index (χ0n) is 8.63. The average molecular weight is 206 g/mol. The maximum atomic E-state index is 10.9. The van der Waals surface area contributed by atoms with E-state index >= 15 is 0 Å². The van der Waals surface area contributed by atoms with Crippen molar-refractivity contribution in [3.05, 3.63) is 30.1 Å². The van der Waals surface area contributed by atoms with Gasteiger partial charge in [-0.05, 0) is 25.6 Å². The number of hydrogen-bond donors (Lipinski definition) is 1. The van der Waals surface area contributed by atoms with E-state index in [2.05, 4.69) is 9.88 Å². The van der Waals surface area contributed by atoms with Gasteiger partial charge in [-0.3, -0.25) is 14.7 Å². The second kappa shape index (κ2) is 3.98. The van der Waals surface area contributed by atoms with Crippen LogP contribution in [0.5, 0.6) is 0 Å². The molecule has 0 spiro atoms. The molecule has 2 rings (SSSR count). The molecule has 1 aromatic heterocycles. The molecule has 15 heavy (non-hydrogen) atoms. The average Bonchev–Trinajstić information content (AvgIpc) is 2.62. The highest BCUT2D eigenvalue weighted by Gasteiger charge is 2.35. The molecule has 1 N–H and O–H groups in total. The second-order valence-electron chi connectivity index (χ2n) is 3.98. The van der Waals surface area contributed by atoms with Crippen molar-refractivity contribution in [2.24, 2.45) is 5.92 Å². The third kappa shape index (κ3) is 1.99. The fourth-order valence-electron chi connectivity index (χ4n) is 2.10. The molecule has 80 valence electrons. The SMILES string of the molecule is CN1C[C@H](C(=O)O)C[C@@H]1c1ccccn1. The van der Waals surface area contributed by atoms with Crippen molar-refractivity contribution < 1.29 is 9.90 Å². The molecule has 0 aliphatic carbocycles. The molecule has 1 aliphatic rings. The first-order valence-electron chi connectivity index (χ1n) is 5.02. The van der Waals surface area contributed by atoms with Crippen LogP contribution in [0.2, 0.25) is 0 Å². The standard InChI is InChI=1S/C11H14N2O2/c1-13-7-8(11(14)15)6-10(13)9-4-2-3-5-12-9/h2-5,8,10H,6-7H2,1H3,(H,14,15)/t8-,10-/m1/s1. The summed E-state index contributed by atoms with van der Waals surface area (Å²) in [6, 6.07) is 5.90. The first-order chi connectivity index (χ1) is 7.18. The highest BCUT2D eigenvalue weighted by atomic mass is 16.4. The van der Waals surface area contributed by atoms with Gasteiger partial charge in [0.25, 0.3) is 0 Å². The fraction of sp³-hybridized carbons (Fsp3) is 0.455. The van der Waals surface area contributed by atoms with Crippen LogP contribution in [-0.4, -0.2) is 34.6 Å². The number of pyridine rings is 1. The normalized spacial score (nSPS) is 26.7. The number of carbonyl (C=O) groups is 1. The summed E-state index contributed by atoms with van der Waals surface area (Å²) in [6.07, 6.45) is 2.40. The Morgan fingerprint density at radius 3 is 2.93 bits per heavy atom. The summed E-state index contributed by atoms with van der Waals surface area (Å²) in [6.45, 7) is 0.608. The molecule has 0 unspecified atom stereocenters. The van der Waals surface area contributed by atoms with Crippen molar-refractivity contribution in [2.75, 3.05) is 13.6 Å². The summed E-state index contributed by atoms with van der Waals surface area (Å²) in [7, 11) is 1.95. The molecule has 0 aromatic carbocycles. The maximum Gasteiger partial charge on any atom is 0.307 e. The summed E-state index contributed by atoms with van der Waals surface area (Å²) < 4.78 is 0. The van der Waals surface area contributed by atoms with E-state index in [4.69, 9.17) is 5.11 Å². The summed E-state index contributed by atoms with van der Waals surface area (Å²) in [5.74, 6) is -0.970. The summed E-state index contributed by atoms with van der Waals surface area (Å²) in [5.41, 5.74) is 0.962. The van der Waals surface area contributed by atoms with E-state index in [1.54, 1.807) is 6.20 Å². The van der Waals surface area contributed by atoms with Crippen molar-refractivity contribution in [3.8, 4) is 0 Å². The predicted octanol–water partition coefficient (Wildman–Crippen LogP) is 1.16. The van der Waals surface area contributed by atoms with E-state index in [0.717, 1.165) is 5.69 Å². The lowest BCUT2D eigenvalue weighted by Crippen LogP contribution is -2.20. The highest BCUT2D eigenvalue weighted by Crippen LogP contribution is 2.32. The Labute approximate surface area is 88.6 Å². The molecule has 2 atom stereocenters. The number of carboxylic acid groups (broad SMARTS) is 1. The van der Waals surface area contributed by atoms with Crippen LogP contribution in [-0.2, 0) is 4.79 Å². The molecule has 2 heterocycles. The van der Waals surface area contributed by atoms with Gasteiger partial charge < -0.3 is 5.11 Å². The van der Waals surface area contributed by atoms with E-state index < -0.39 is 5.97 Å². The molecule has 1 saturated heterocycles. The first kappa shape index (κ1) is 10.1. The van der Waals surface area contributed by atoms with Gasteiger partial charge in [0.05, 0.1) is 17.7 Å². The van der Waals surface area contributed by atoms with Crippen LogP contribution < -0.4 is 0 Å². The number of aromatic nitrogens is 1. The van der Waals surface area contributed by atoms with Crippen LogP contribution in [0.4, 0.5) is 0 Å². The first-order valence-corrected chi connectivity index (χ1v) is 5.02. The number of likely N-dealkylation sites (tertiary alicyclic amines) is 1. The molecule has 0 radical (unpaired) electrons.